The summed E-state index contributed by atoms with van der Waals surface area (Å²) in [6.45, 7) is 2.68. The number of nitrogens with one attached hydrogen (secondary N) is 7. The molecule has 3 heterocycles. The van der Waals surface area contributed by atoms with Crippen molar-refractivity contribution in [1.82, 2.24) is 25.8 Å². The molecule has 0 saturated heterocycles. The molecular weight excluding hydrogens is 699 g/mol. The molecule has 0 saturated carbocycles. The number of carbonyl (C=O) groups is 4. The number of anilines is 6. The van der Waals surface area contributed by atoms with Crippen molar-refractivity contribution in [2.24, 2.45) is 10.3 Å². The second kappa shape index (κ2) is 16.9. The average Bonchev–Trinajstić information content (AvgIpc) is 3.73. The summed E-state index contributed by atoms with van der Waals surface area (Å²) < 4.78 is 0. The van der Waals surface area contributed by atoms with Crippen LogP contribution in [0.4, 0.5) is 39.9 Å². The van der Waals surface area contributed by atoms with Gasteiger partial charge >= 0.3 is 0 Å². The minimum absolute atomic E-state index is 0.115. The van der Waals surface area contributed by atoms with E-state index >= 15 is 0 Å². The normalized spacial score (nSPS) is 11.1. The molecule has 23 heteroatoms. The topological polar surface area (TPSA) is 277 Å². The third kappa shape index (κ3) is 10.1. The van der Waals surface area contributed by atoms with Crippen LogP contribution in [0.2, 0.25) is 0 Å². The second-order valence-electron chi connectivity index (χ2n) is 9.36. The number of nitro benzene ring substituents is 1. The summed E-state index contributed by atoms with van der Waals surface area (Å²) >= 11 is 2.20. The lowest BCUT2D eigenvalue weighted by atomic mass is 10.3. The number of carbonyl (C=O) groups excluding carboxylic acids is 4. The van der Waals surface area contributed by atoms with E-state index in [1.165, 1.54) is 58.4 Å². The van der Waals surface area contributed by atoms with Gasteiger partial charge in [-0.3, -0.25) is 51.0 Å². The van der Waals surface area contributed by atoms with Gasteiger partial charge in [-0.15, -0.1) is 22.7 Å². The third-order valence-electron chi connectivity index (χ3n) is 5.63. The summed E-state index contributed by atoms with van der Waals surface area (Å²) in [4.78, 5) is 82.5. The molecule has 3 aromatic heterocycles. The number of hydrogen-bond acceptors (Lipinski definition) is 18. The Kier molecular flexibility index (Phi) is 12.2. The number of amides is 4. The molecule has 0 atom stereocenters. The molecule has 0 aliphatic rings. The van der Waals surface area contributed by atoms with Gasteiger partial charge in [0.05, 0.1) is 25.4 Å². The number of benzene rings is 1. The van der Waals surface area contributed by atoms with Gasteiger partial charge in [-0.25, -0.2) is 0 Å². The highest BCUT2D eigenvalue weighted by atomic mass is 32.1. The zero-order chi connectivity index (χ0) is 36.2. The highest BCUT2D eigenvalue weighted by Gasteiger charge is 2.21. The van der Waals surface area contributed by atoms with Crippen molar-refractivity contribution >= 4 is 97.6 Å². The van der Waals surface area contributed by atoms with E-state index in [1.807, 2.05) is 0 Å². The van der Waals surface area contributed by atoms with E-state index in [9.17, 15) is 29.3 Å². The maximum Gasteiger partial charge on any atom is 0.293 e. The number of thiophene rings is 2. The lowest BCUT2D eigenvalue weighted by Gasteiger charge is -2.13. The molecule has 21 nitrogen and oxygen atoms in total. The van der Waals surface area contributed by atoms with Gasteiger partial charge in [-0.05, 0) is 30.3 Å². The summed E-state index contributed by atoms with van der Waals surface area (Å²) in [7, 11) is 2.50. The number of nitrogens with zero attached hydrogens (tertiary/aromatic N) is 6. The predicted molar refractivity (Wildman–Crippen MR) is 184 cm³/mol. The first-order valence-electron chi connectivity index (χ1n) is 13.8. The highest BCUT2D eigenvalue weighted by molar-refractivity contribution is 7.19. The fraction of sp³-hybridized carbons (Fsp3) is 0.148. The first kappa shape index (κ1) is 36.1. The van der Waals surface area contributed by atoms with Crippen LogP contribution in [0.25, 0.3) is 0 Å². The van der Waals surface area contributed by atoms with E-state index in [4.69, 9.17) is 9.68 Å². The van der Waals surface area contributed by atoms with Crippen LogP contribution in [0.1, 0.15) is 23.6 Å². The van der Waals surface area contributed by atoms with Crippen LogP contribution in [0, 0.1) is 10.1 Å². The molecule has 260 valence electrons. The number of nitro groups is 1. The molecule has 0 unspecified atom stereocenters. The molecule has 0 aliphatic carbocycles. The van der Waals surface area contributed by atoms with E-state index in [2.05, 4.69) is 62.9 Å². The van der Waals surface area contributed by atoms with Crippen LogP contribution in [0.5, 0.6) is 0 Å². The van der Waals surface area contributed by atoms with Gasteiger partial charge < -0.3 is 25.6 Å². The van der Waals surface area contributed by atoms with Crippen molar-refractivity contribution in [3.05, 3.63) is 67.7 Å². The molecule has 0 spiro atoms. The van der Waals surface area contributed by atoms with Crippen molar-refractivity contribution in [3.63, 3.8) is 0 Å². The Morgan fingerprint density at radius 3 is 1.86 bits per heavy atom. The minimum atomic E-state index is -0.772. The van der Waals surface area contributed by atoms with E-state index in [0.29, 0.717) is 26.1 Å². The minimum Gasteiger partial charge on any atom is -0.398 e. The summed E-state index contributed by atoms with van der Waals surface area (Å²) in [5.41, 5.74) is 10.2. The standard InChI is InChI=1S/C27H27N13O8S2/c1-13(41)28-16-11-19(49-12-16)22(39-48-4)24(44)35-37-27-32-25(30-15-5-7-17(8-6-15)40(45)46)31-26(33-27)36-34-23(43)21(38-47-3)18-9-10-20(50-18)29-14(2)42/h5-12H,1-4H3,(H,28,41)(H,29,42)(H,34,43)(H,35,44)(H3,30,31,32,33,36,37). The van der Waals surface area contributed by atoms with Crippen LogP contribution in [0.15, 0.2) is 58.2 Å². The fourth-order valence-corrected chi connectivity index (χ4v) is 5.45. The summed E-state index contributed by atoms with van der Waals surface area (Å²) in [5, 5.41) is 28.8. The van der Waals surface area contributed by atoms with Gasteiger partial charge in [-0.2, -0.15) is 15.0 Å². The lowest BCUT2D eigenvalue weighted by Crippen LogP contribution is -2.38. The van der Waals surface area contributed by atoms with Gasteiger partial charge in [0.2, 0.25) is 29.7 Å². The number of aromatic nitrogens is 3. The molecule has 4 aromatic rings. The van der Waals surface area contributed by atoms with E-state index in [1.54, 1.807) is 17.5 Å². The second-order valence-corrected chi connectivity index (χ2v) is 11.4. The van der Waals surface area contributed by atoms with Crippen molar-refractivity contribution in [2.75, 3.05) is 41.0 Å². The maximum atomic E-state index is 13.1. The van der Waals surface area contributed by atoms with Crippen molar-refractivity contribution in [2.45, 2.75) is 13.8 Å². The first-order chi connectivity index (χ1) is 23.9. The van der Waals surface area contributed by atoms with Crippen molar-refractivity contribution in [1.29, 1.82) is 0 Å². The van der Waals surface area contributed by atoms with Crippen LogP contribution in [-0.4, -0.2) is 69.1 Å². The molecule has 1 aromatic carbocycles. The monoisotopic (exact) mass is 725 g/mol. The molecule has 50 heavy (non-hydrogen) atoms. The number of non-ortho nitro benzene ring substituents is 1. The zero-order valence-corrected chi connectivity index (χ0v) is 28.0. The number of hydrogen-bond donors (Lipinski definition) is 7. The zero-order valence-electron chi connectivity index (χ0n) is 26.4. The largest absolute Gasteiger partial charge is 0.398 e. The van der Waals surface area contributed by atoms with Gasteiger partial charge in [0, 0.05) is 37.0 Å². The van der Waals surface area contributed by atoms with Gasteiger partial charge in [-0.1, -0.05) is 10.3 Å². The number of rotatable bonds is 15. The summed E-state index contributed by atoms with van der Waals surface area (Å²) in [6, 6.07) is 10.0. The molecule has 4 rings (SSSR count). The lowest BCUT2D eigenvalue weighted by molar-refractivity contribution is -0.384. The maximum absolute atomic E-state index is 13.1. The molecule has 7 N–H and O–H groups in total. The van der Waals surface area contributed by atoms with E-state index in [-0.39, 0.29) is 46.8 Å². The molecule has 0 fully saturated rings. The summed E-state index contributed by atoms with van der Waals surface area (Å²) in [6.07, 6.45) is 0. The Labute approximate surface area is 289 Å². The fourth-order valence-electron chi connectivity index (χ4n) is 3.70. The molecular formula is C27H27N13O8S2. The molecule has 0 aliphatic heterocycles. The summed E-state index contributed by atoms with van der Waals surface area (Å²) in [5.74, 6) is -2.73. The van der Waals surface area contributed by atoms with Crippen LogP contribution in [-0.2, 0) is 28.9 Å². The molecule has 0 bridgehead atoms. The van der Waals surface area contributed by atoms with Crippen LogP contribution < -0.4 is 37.7 Å². The van der Waals surface area contributed by atoms with Gasteiger partial charge in [0.15, 0.2) is 11.4 Å². The smallest absolute Gasteiger partial charge is 0.293 e. The Morgan fingerprint density at radius 1 is 0.760 bits per heavy atom. The van der Waals surface area contributed by atoms with Crippen LogP contribution >= 0.6 is 22.7 Å². The quantitative estimate of drug-likeness (QED) is 0.0527. The van der Waals surface area contributed by atoms with Gasteiger partial charge in [0.25, 0.3) is 17.5 Å². The Hall–Kier alpha value is -6.75. The SMILES string of the molecule is CON=C(C(=O)NNc1nc(NNC(=O)C(=NOC)c2ccc(NC(C)=O)s2)nc(Nc2ccc([N+](=O)[O-])cc2)n1)c1cc(NC(C)=O)cs1. The predicted octanol–water partition coefficient (Wildman–Crippen LogP) is 2.55. The Morgan fingerprint density at radius 2 is 1.32 bits per heavy atom. The van der Waals surface area contributed by atoms with Gasteiger partial charge in [0.1, 0.15) is 14.2 Å². The average molecular weight is 726 g/mol. The Bertz CT molecular complexity index is 1850. The number of oxime groups is 2. The Balaban J connectivity index is 1.55. The number of hydrazine groups is 2. The third-order valence-corrected chi connectivity index (χ3v) is 7.58. The molecule has 0 radical (unpaired) electrons. The molecule has 4 amide bonds. The highest BCUT2D eigenvalue weighted by Crippen LogP contribution is 2.24. The van der Waals surface area contributed by atoms with Crippen molar-refractivity contribution < 1.29 is 33.8 Å². The van der Waals surface area contributed by atoms with E-state index in [0.717, 1.165) is 22.7 Å². The first-order valence-corrected chi connectivity index (χ1v) is 15.5. The van der Waals surface area contributed by atoms with Crippen molar-refractivity contribution in [3.8, 4) is 0 Å². The van der Waals surface area contributed by atoms with Crippen LogP contribution in [0.3, 0.4) is 0 Å². The van der Waals surface area contributed by atoms with E-state index < -0.39 is 16.7 Å².